The summed E-state index contributed by atoms with van der Waals surface area (Å²) in [7, 11) is 3.34. The number of carbonyl (C=O) groups is 1. The molecule has 2 aromatic carbocycles. The zero-order valence-electron chi connectivity index (χ0n) is 13.5. The zero-order valence-corrected chi connectivity index (χ0v) is 13.5. The molecule has 0 N–H and O–H groups in total. The van der Waals surface area contributed by atoms with Gasteiger partial charge in [-0.05, 0) is 30.3 Å². The molecule has 5 heteroatoms. The Morgan fingerprint density at radius 2 is 1.88 bits per heavy atom. The molecule has 5 nitrogen and oxygen atoms in total. The van der Waals surface area contributed by atoms with E-state index in [1.165, 1.54) is 7.11 Å². The number of likely N-dealkylation sites (N-methyl/N-ethyl adjacent to an activating group) is 1. The predicted octanol–water partition coefficient (Wildman–Crippen LogP) is 3.12. The van der Waals surface area contributed by atoms with Gasteiger partial charge in [0.25, 0.3) is 0 Å². The van der Waals surface area contributed by atoms with E-state index in [-0.39, 0.29) is 17.9 Å². The number of para-hydroxylation sites is 1. The number of ketones is 1. The first-order chi connectivity index (χ1) is 11.6. The van der Waals surface area contributed by atoms with Gasteiger partial charge in [0.05, 0.1) is 13.7 Å². The van der Waals surface area contributed by atoms with Crippen molar-refractivity contribution in [3.05, 3.63) is 70.6 Å². The van der Waals surface area contributed by atoms with Crippen LogP contribution in [0.3, 0.4) is 0 Å². The fraction of sp³-hybridized carbons (Fsp3) is 0.158. The number of anilines is 1. The Hall–Kier alpha value is -3.08. The number of hydrogen-bond donors (Lipinski definition) is 0. The quantitative estimate of drug-likeness (QED) is 0.533. The van der Waals surface area contributed by atoms with Crippen molar-refractivity contribution in [3.8, 4) is 5.75 Å². The maximum absolute atomic E-state index is 12.5. The van der Waals surface area contributed by atoms with E-state index >= 15 is 0 Å². The van der Waals surface area contributed by atoms with Gasteiger partial charge in [0.2, 0.25) is 0 Å². The maximum atomic E-state index is 12.5. The number of ether oxygens (including phenoxy) is 1. The van der Waals surface area contributed by atoms with Crippen LogP contribution >= 0.6 is 0 Å². The summed E-state index contributed by atoms with van der Waals surface area (Å²) >= 11 is 0. The molecule has 3 aromatic rings. The summed E-state index contributed by atoms with van der Waals surface area (Å²) in [6, 6.07) is 16.2. The van der Waals surface area contributed by atoms with Gasteiger partial charge in [0, 0.05) is 24.2 Å². The summed E-state index contributed by atoms with van der Waals surface area (Å²) in [4.78, 5) is 26.4. The summed E-state index contributed by atoms with van der Waals surface area (Å²) in [5, 5.41) is 0.682. The van der Waals surface area contributed by atoms with E-state index in [4.69, 9.17) is 9.15 Å². The highest BCUT2D eigenvalue weighted by molar-refractivity contribution is 6.01. The summed E-state index contributed by atoms with van der Waals surface area (Å²) in [6.07, 6.45) is 0. The molecule has 0 spiro atoms. The monoisotopic (exact) mass is 323 g/mol. The summed E-state index contributed by atoms with van der Waals surface area (Å²) in [6.45, 7) is 0.0937. The molecule has 0 atom stereocenters. The molecular weight excluding hydrogens is 306 g/mol. The average molecular weight is 323 g/mol. The van der Waals surface area contributed by atoms with Crippen molar-refractivity contribution in [2.75, 3.05) is 25.6 Å². The minimum atomic E-state index is -0.637. The highest BCUT2D eigenvalue weighted by Crippen LogP contribution is 2.20. The molecule has 0 fully saturated rings. The van der Waals surface area contributed by atoms with Gasteiger partial charge in [-0.15, -0.1) is 0 Å². The van der Waals surface area contributed by atoms with E-state index < -0.39 is 5.63 Å². The van der Waals surface area contributed by atoms with Crippen molar-refractivity contribution in [3.63, 3.8) is 0 Å². The highest BCUT2D eigenvalue weighted by Gasteiger charge is 2.16. The molecule has 0 amide bonds. The third kappa shape index (κ3) is 3.15. The van der Waals surface area contributed by atoms with Crippen molar-refractivity contribution >= 4 is 22.4 Å². The summed E-state index contributed by atoms with van der Waals surface area (Å²) in [5.74, 6) is 0.307. The van der Waals surface area contributed by atoms with Crippen LogP contribution in [0.5, 0.6) is 5.75 Å². The van der Waals surface area contributed by atoms with E-state index in [1.54, 1.807) is 36.2 Å². The molecule has 1 aromatic heterocycles. The molecule has 0 saturated carbocycles. The van der Waals surface area contributed by atoms with Crippen molar-refractivity contribution in [2.45, 2.75) is 0 Å². The van der Waals surface area contributed by atoms with Crippen LogP contribution in [0.4, 0.5) is 5.69 Å². The number of methoxy groups -OCH3 is 1. The number of rotatable bonds is 5. The van der Waals surface area contributed by atoms with Crippen molar-refractivity contribution in [1.82, 2.24) is 0 Å². The zero-order chi connectivity index (χ0) is 17.1. The molecule has 0 unspecified atom stereocenters. The smallest absolute Gasteiger partial charge is 0.347 e. The second-order valence-electron chi connectivity index (χ2n) is 5.47. The summed E-state index contributed by atoms with van der Waals surface area (Å²) < 4.78 is 10.4. The minimum Gasteiger partial charge on any atom is -0.497 e. The van der Waals surface area contributed by atoms with Crippen LogP contribution in [0.2, 0.25) is 0 Å². The molecule has 3 rings (SSSR count). The lowest BCUT2D eigenvalue weighted by molar-refractivity contribution is 0.0997. The number of benzene rings is 2. The normalized spacial score (nSPS) is 10.6. The van der Waals surface area contributed by atoms with Crippen LogP contribution in [0.25, 0.3) is 11.0 Å². The fourth-order valence-corrected chi connectivity index (χ4v) is 2.49. The molecule has 0 bridgehead atoms. The van der Waals surface area contributed by atoms with Crippen LogP contribution in [0.15, 0.2) is 63.8 Å². The SMILES string of the molecule is COc1ccc2cc(C(=O)CN(C)c3ccccc3)c(=O)oc2c1. The third-order valence-electron chi connectivity index (χ3n) is 3.82. The number of hydrogen-bond acceptors (Lipinski definition) is 5. The average Bonchev–Trinajstić information content (AvgIpc) is 2.61. The molecule has 122 valence electrons. The maximum Gasteiger partial charge on any atom is 0.347 e. The predicted molar refractivity (Wildman–Crippen MR) is 93.1 cm³/mol. The summed E-state index contributed by atoms with van der Waals surface area (Å²) in [5.41, 5.74) is 0.714. The van der Waals surface area contributed by atoms with Gasteiger partial charge >= 0.3 is 5.63 Å². The molecule has 24 heavy (non-hydrogen) atoms. The Balaban J connectivity index is 1.89. The van der Waals surface area contributed by atoms with E-state index in [0.717, 1.165) is 5.69 Å². The highest BCUT2D eigenvalue weighted by atomic mass is 16.5. The Bertz CT molecular complexity index is 931. The van der Waals surface area contributed by atoms with Gasteiger partial charge in [0.15, 0.2) is 5.78 Å². The number of carbonyl (C=O) groups excluding carboxylic acids is 1. The standard InChI is InChI=1S/C19H17NO4/c1-20(14-6-4-3-5-7-14)12-17(21)16-10-13-8-9-15(23-2)11-18(13)24-19(16)22/h3-11H,12H2,1-2H3. The first kappa shape index (κ1) is 15.8. The van der Waals surface area contributed by atoms with Crippen molar-refractivity contribution in [2.24, 2.45) is 0 Å². The third-order valence-corrected chi connectivity index (χ3v) is 3.82. The van der Waals surface area contributed by atoms with Gasteiger partial charge in [-0.3, -0.25) is 4.79 Å². The van der Waals surface area contributed by atoms with Crippen LogP contribution < -0.4 is 15.3 Å². The minimum absolute atomic E-state index is 0.0513. The van der Waals surface area contributed by atoms with Crippen LogP contribution in [-0.2, 0) is 0 Å². The van der Waals surface area contributed by atoms with E-state index in [0.29, 0.717) is 16.7 Å². The first-order valence-electron chi connectivity index (χ1n) is 7.50. The van der Waals surface area contributed by atoms with Crippen LogP contribution in [0, 0.1) is 0 Å². The number of fused-ring (bicyclic) bond motifs is 1. The topological polar surface area (TPSA) is 59.8 Å². The first-order valence-corrected chi connectivity index (χ1v) is 7.50. The van der Waals surface area contributed by atoms with Crippen LogP contribution in [-0.4, -0.2) is 26.5 Å². The Kier molecular flexibility index (Phi) is 4.33. The van der Waals surface area contributed by atoms with E-state index in [2.05, 4.69) is 0 Å². The molecule has 0 radical (unpaired) electrons. The van der Waals surface area contributed by atoms with Gasteiger partial charge in [0.1, 0.15) is 16.9 Å². The fourth-order valence-electron chi connectivity index (χ4n) is 2.49. The van der Waals surface area contributed by atoms with Crippen LogP contribution in [0.1, 0.15) is 10.4 Å². The lowest BCUT2D eigenvalue weighted by Crippen LogP contribution is -2.28. The van der Waals surface area contributed by atoms with Crippen molar-refractivity contribution < 1.29 is 13.9 Å². The van der Waals surface area contributed by atoms with Gasteiger partial charge < -0.3 is 14.1 Å². The molecular formula is C19H17NO4. The van der Waals surface area contributed by atoms with E-state index in [1.807, 2.05) is 30.3 Å². The van der Waals surface area contributed by atoms with Gasteiger partial charge in [-0.2, -0.15) is 0 Å². The Morgan fingerprint density at radius 1 is 1.12 bits per heavy atom. The number of Topliss-reactive ketones (excluding diaryl/α,β-unsaturated/α-hetero) is 1. The molecule has 0 saturated heterocycles. The molecule has 0 aliphatic heterocycles. The number of nitrogens with zero attached hydrogens (tertiary/aromatic N) is 1. The molecule has 0 aliphatic rings. The lowest BCUT2D eigenvalue weighted by Gasteiger charge is -2.17. The second kappa shape index (κ2) is 6.58. The molecule has 0 aliphatic carbocycles. The lowest BCUT2D eigenvalue weighted by atomic mass is 10.1. The molecule has 1 heterocycles. The van der Waals surface area contributed by atoms with Gasteiger partial charge in [-0.1, -0.05) is 18.2 Å². The van der Waals surface area contributed by atoms with E-state index in [9.17, 15) is 9.59 Å². The Labute approximate surface area is 139 Å². The largest absolute Gasteiger partial charge is 0.497 e. The Morgan fingerprint density at radius 3 is 2.58 bits per heavy atom. The van der Waals surface area contributed by atoms with Crippen molar-refractivity contribution in [1.29, 1.82) is 0 Å². The second-order valence-corrected chi connectivity index (χ2v) is 5.47. The van der Waals surface area contributed by atoms with Gasteiger partial charge in [-0.25, -0.2) is 4.79 Å².